The summed E-state index contributed by atoms with van der Waals surface area (Å²) in [6.45, 7) is 1.97. The molecular formula is C12H14N2O. The van der Waals surface area contributed by atoms with E-state index in [2.05, 4.69) is 4.98 Å². The van der Waals surface area contributed by atoms with E-state index in [0.29, 0.717) is 6.42 Å². The summed E-state index contributed by atoms with van der Waals surface area (Å²) in [4.78, 5) is 4.01. The molecule has 78 valence electrons. The fourth-order valence-electron chi connectivity index (χ4n) is 1.63. The summed E-state index contributed by atoms with van der Waals surface area (Å²) in [5, 5.41) is 9.88. The topological polar surface area (TPSA) is 38.0 Å². The molecule has 3 nitrogen and oxygen atoms in total. The standard InChI is InChI=1S/C12H14N2O/c1-2-12(15)10-5-3-4-6-11(10)14-8-7-13-9-14/h3-9,12,15H,2H2,1H3/t12-/m0/s1. The van der Waals surface area contributed by atoms with Crippen molar-refractivity contribution < 1.29 is 5.11 Å². The van der Waals surface area contributed by atoms with Gasteiger partial charge in [-0.3, -0.25) is 0 Å². The lowest BCUT2D eigenvalue weighted by Gasteiger charge is -2.14. The maximum atomic E-state index is 9.88. The maximum absolute atomic E-state index is 9.88. The molecule has 1 heterocycles. The van der Waals surface area contributed by atoms with E-state index in [1.165, 1.54) is 0 Å². The molecule has 2 aromatic rings. The molecule has 15 heavy (non-hydrogen) atoms. The second-order valence-electron chi connectivity index (χ2n) is 3.45. The summed E-state index contributed by atoms with van der Waals surface area (Å²) in [6, 6.07) is 7.83. The minimum Gasteiger partial charge on any atom is -0.388 e. The number of hydrogen-bond donors (Lipinski definition) is 1. The molecule has 0 saturated heterocycles. The van der Waals surface area contributed by atoms with Gasteiger partial charge >= 0.3 is 0 Å². The molecule has 0 aliphatic heterocycles. The molecule has 1 aromatic carbocycles. The SMILES string of the molecule is CC[C@H](O)c1ccccc1-n1ccnc1. The van der Waals surface area contributed by atoms with Crippen LogP contribution in [0.25, 0.3) is 5.69 Å². The van der Waals surface area contributed by atoms with Gasteiger partial charge in [0.1, 0.15) is 0 Å². The van der Waals surface area contributed by atoms with Gasteiger partial charge in [-0.2, -0.15) is 0 Å². The first-order valence-electron chi connectivity index (χ1n) is 5.08. The van der Waals surface area contributed by atoms with Crippen LogP contribution in [0.3, 0.4) is 0 Å². The van der Waals surface area contributed by atoms with Crippen LogP contribution in [0.15, 0.2) is 43.0 Å². The van der Waals surface area contributed by atoms with E-state index in [-0.39, 0.29) is 0 Å². The van der Waals surface area contributed by atoms with Gasteiger partial charge in [0, 0.05) is 18.0 Å². The predicted molar refractivity (Wildman–Crippen MR) is 58.8 cm³/mol. The molecule has 0 radical (unpaired) electrons. The van der Waals surface area contributed by atoms with E-state index < -0.39 is 6.10 Å². The van der Waals surface area contributed by atoms with E-state index >= 15 is 0 Å². The Hall–Kier alpha value is -1.61. The number of imidazole rings is 1. The molecule has 0 amide bonds. The maximum Gasteiger partial charge on any atom is 0.0991 e. The largest absolute Gasteiger partial charge is 0.388 e. The van der Waals surface area contributed by atoms with E-state index in [4.69, 9.17) is 0 Å². The van der Waals surface area contributed by atoms with Gasteiger partial charge < -0.3 is 9.67 Å². The summed E-state index contributed by atoms with van der Waals surface area (Å²) < 4.78 is 1.91. The van der Waals surface area contributed by atoms with Crippen LogP contribution >= 0.6 is 0 Å². The number of aliphatic hydroxyl groups excluding tert-OH is 1. The van der Waals surface area contributed by atoms with Crippen LogP contribution in [0, 0.1) is 0 Å². The Morgan fingerprint density at radius 3 is 2.87 bits per heavy atom. The lowest BCUT2D eigenvalue weighted by Crippen LogP contribution is -2.02. The molecule has 0 saturated carbocycles. The Kier molecular flexibility index (Phi) is 2.83. The molecule has 3 heteroatoms. The first-order chi connectivity index (χ1) is 7.33. The van der Waals surface area contributed by atoms with Crippen LogP contribution in [0.5, 0.6) is 0 Å². The zero-order chi connectivity index (χ0) is 10.7. The van der Waals surface area contributed by atoms with Gasteiger partial charge in [0.25, 0.3) is 0 Å². The van der Waals surface area contributed by atoms with E-state index in [0.717, 1.165) is 11.3 Å². The third-order valence-corrected chi connectivity index (χ3v) is 2.47. The minimum atomic E-state index is -0.413. The van der Waals surface area contributed by atoms with Crippen LogP contribution in [-0.2, 0) is 0 Å². The van der Waals surface area contributed by atoms with Crippen LogP contribution in [0.1, 0.15) is 25.0 Å². The molecular weight excluding hydrogens is 188 g/mol. The highest BCUT2D eigenvalue weighted by Crippen LogP contribution is 2.23. The summed E-state index contributed by atoms with van der Waals surface area (Å²) in [5.74, 6) is 0. The average Bonchev–Trinajstić information content (AvgIpc) is 2.81. The molecule has 1 aromatic heterocycles. The van der Waals surface area contributed by atoms with Crippen molar-refractivity contribution in [3.8, 4) is 5.69 Å². The predicted octanol–water partition coefficient (Wildman–Crippen LogP) is 2.32. The third-order valence-electron chi connectivity index (χ3n) is 2.47. The molecule has 0 aliphatic carbocycles. The van der Waals surface area contributed by atoms with Crippen molar-refractivity contribution in [3.05, 3.63) is 48.5 Å². The highest BCUT2D eigenvalue weighted by molar-refractivity contribution is 5.42. The van der Waals surface area contributed by atoms with Crippen molar-refractivity contribution in [2.24, 2.45) is 0 Å². The highest BCUT2D eigenvalue weighted by atomic mass is 16.3. The average molecular weight is 202 g/mol. The lowest BCUT2D eigenvalue weighted by molar-refractivity contribution is 0.173. The quantitative estimate of drug-likeness (QED) is 0.829. The molecule has 0 spiro atoms. The normalized spacial score (nSPS) is 12.7. The van der Waals surface area contributed by atoms with E-state index in [1.54, 1.807) is 12.5 Å². The Bertz CT molecular complexity index is 423. The van der Waals surface area contributed by atoms with Crippen LogP contribution in [0.2, 0.25) is 0 Å². The molecule has 0 unspecified atom stereocenters. The summed E-state index contributed by atoms with van der Waals surface area (Å²) in [6.07, 6.45) is 5.65. The second kappa shape index (κ2) is 4.28. The molecule has 1 N–H and O–H groups in total. The monoisotopic (exact) mass is 202 g/mol. The summed E-state index contributed by atoms with van der Waals surface area (Å²) in [5.41, 5.74) is 1.93. The Labute approximate surface area is 89.0 Å². The number of para-hydroxylation sites is 1. The lowest BCUT2D eigenvalue weighted by atomic mass is 10.1. The first kappa shape index (κ1) is 9.93. The van der Waals surface area contributed by atoms with Gasteiger partial charge in [-0.25, -0.2) is 4.98 Å². The number of aromatic nitrogens is 2. The summed E-state index contributed by atoms with van der Waals surface area (Å²) in [7, 11) is 0. The fourth-order valence-corrected chi connectivity index (χ4v) is 1.63. The summed E-state index contributed by atoms with van der Waals surface area (Å²) >= 11 is 0. The zero-order valence-corrected chi connectivity index (χ0v) is 8.67. The van der Waals surface area contributed by atoms with Gasteiger partial charge in [0.2, 0.25) is 0 Å². The Morgan fingerprint density at radius 2 is 2.20 bits per heavy atom. The molecule has 0 fully saturated rings. The molecule has 0 bridgehead atoms. The Morgan fingerprint density at radius 1 is 1.40 bits per heavy atom. The number of nitrogens with zero attached hydrogens (tertiary/aromatic N) is 2. The van der Waals surface area contributed by atoms with Crippen molar-refractivity contribution in [1.29, 1.82) is 0 Å². The van der Waals surface area contributed by atoms with Crippen LogP contribution in [-0.4, -0.2) is 14.7 Å². The number of hydrogen-bond acceptors (Lipinski definition) is 2. The van der Waals surface area contributed by atoms with Gasteiger partial charge in [0.15, 0.2) is 0 Å². The van der Waals surface area contributed by atoms with Gasteiger partial charge in [-0.15, -0.1) is 0 Å². The number of rotatable bonds is 3. The van der Waals surface area contributed by atoms with Crippen molar-refractivity contribution in [1.82, 2.24) is 9.55 Å². The first-order valence-corrected chi connectivity index (χ1v) is 5.08. The number of aliphatic hydroxyl groups is 1. The van der Waals surface area contributed by atoms with Crippen molar-refractivity contribution >= 4 is 0 Å². The molecule has 0 aliphatic rings. The van der Waals surface area contributed by atoms with Gasteiger partial charge in [-0.1, -0.05) is 25.1 Å². The molecule has 2 rings (SSSR count). The van der Waals surface area contributed by atoms with Gasteiger partial charge in [0.05, 0.1) is 18.1 Å². The van der Waals surface area contributed by atoms with Crippen molar-refractivity contribution in [2.75, 3.05) is 0 Å². The second-order valence-corrected chi connectivity index (χ2v) is 3.45. The van der Waals surface area contributed by atoms with Crippen molar-refractivity contribution in [3.63, 3.8) is 0 Å². The highest BCUT2D eigenvalue weighted by Gasteiger charge is 2.10. The van der Waals surface area contributed by atoms with Crippen molar-refractivity contribution in [2.45, 2.75) is 19.4 Å². The minimum absolute atomic E-state index is 0.413. The van der Waals surface area contributed by atoms with E-state index in [1.807, 2.05) is 42.0 Å². The smallest absolute Gasteiger partial charge is 0.0991 e. The fraction of sp³-hybridized carbons (Fsp3) is 0.250. The zero-order valence-electron chi connectivity index (χ0n) is 8.67. The third kappa shape index (κ3) is 1.92. The molecule has 1 atom stereocenters. The van der Waals surface area contributed by atoms with Crippen LogP contribution < -0.4 is 0 Å². The van der Waals surface area contributed by atoms with Gasteiger partial charge in [-0.05, 0) is 12.5 Å². The Balaban J connectivity index is 2.47. The number of benzene rings is 1. The van der Waals surface area contributed by atoms with E-state index in [9.17, 15) is 5.11 Å². The van der Waals surface area contributed by atoms with Crippen LogP contribution in [0.4, 0.5) is 0 Å².